The number of benzene rings is 2. The van der Waals surface area contributed by atoms with Crippen LogP contribution < -0.4 is 4.90 Å². The first-order valence-corrected chi connectivity index (χ1v) is 11.5. The number of rotatable bonds is 8. The van der Waals surface area contributed by atoms with Crippen molar-refractivity contribution in [1.29, 1.82) is 0 Å². The van der Waals surface area contributed by atoms with Crippen molar-refractivity contribution in [2.75, 3.05) is 32.1 Å². The molecular weight excluding hydrogens is 384 g/mol. The van der Waals surface area contributed by atoms with Crippen molar-refractivity contribution in [3.8, 4) is 0 Å². The lowest BCUT2D eigenvalue weighted by Gasteiger charge is -2.46. The molecule has 0 aromatic heterocycles. The monoisotopic (exact) mass is 422 g/mol. The van der Waals surface area contributed by atoms with Gasteiger partial charge in [0, 0.05) is 51.3 Å². The van der Waals surface area contributed by atoms with Gasteiger partial charge in [0.25, 0.3) is 0 Å². The highest BCUT2D eigenvalue weighted by molar-refractivity contribution is 5.75. The third-order valence-corrected chi connectivity index (χ3v) is 6.57. The number of hydrogen-bond acceptors (Lipinski definition) is 3. The molecular formula is C27H38N2O2. The van der Waals surface area contributed by atoms with Gasteiger partial charge in [0.05, 0.1) is 5.60 Å². The van der Waals surface area contributed by atoms with Gasteiger partial charge in [-0.15, -0.1) is 0 Å². The van der Waals surface area contributed by atoms with Crippen LogP contribution in [0.3, 0.4) is 0 Å². The van der Waals surface area contributed by atoms with Crippen molar-refractivity contribution >= 4 is 11.6 Å². The summed E-state index contributed by atoms with van der Waals surface area (Å²) < 4.78 is 6.06. The van der Waals surface area contributed by atoms with Crippen molar-refractivity contribution in [2.24, 2.45) is 0 Å². The molecule has 2 aromatic carbocycles. The molecule has 1 aliphatic heterocycles. The molecule has 0 saturated carbocycles. The molecule has 1 amide bonds. The predicted octanol–water partition coefficient (Wildman–Crippen LogP) is 5.41. The Morgan fingerprint density at radius 3 is 2.29 bits per heavy atom. The Morgan fingerprint density at radius 1 is 1.03 bits per heavy atom. The minimum absolute atomic E-state index is 0.0318. The first-order valence-electron chi connectivity index (χ1n) is 11.5. The first kappa shape index (κ1) is 23.3. The predicted molar refractivity (Wildman–Crippen MR) is 128 cm³/mol. The number of nitrogens with zero attached hydrogens (tertiary/aromatic N) is 2. The SMILES string of the molecule is CCC(=O)N(CCC1(c2ccccc2)CCOC(C)(C)C1)Cc1ccc(N(C)C)cc1. The average Bonchev–Trinajstić information content (AvgIpc) is 2.76. The van der Waals surface area contributed by atoms with Crippen LogP contribution in [0.2, 0.25) is 0 Å². The lowest BCUT2D eigenvalue weighted by molar-refractivity contribution is -0.132. The van der Waals surface area contributed by atoms with E-state index in [-0.39, 0.29) is 16.9 Å². The van der Waals surface area contributed by atoms with Crippen LogP contribution in [0.5, 0.6) is 0 Å². The Labute approximate surface area is 188 Å². The van der Waals surface area contributed by atoms with Gasteiger partial charge in [-0.25, -0.2) is 0 Å². The van der Waals surface area contributed by atoms with E-state index in [0.717, 1.165) is 32.4 Å². The van der Waals surface area contributed by atoms with Gasteiger partial charge in [-0.05, 0) is 56.4 Å². The van der Waals surface area contributed by atoms with E-state index in [1.807, 2.05) is 25.9 Å². The maximum Gasteiger partial charge on any atom is 0.222 e. The Balaban J connectivity index is 1.80. The number of hydrogen-bond donors (Lipinski definition) is 0. The van der Waals surface area contributed by atoms with Crippen molar-refractivity contribution in [2.45, 2.75) is 64.0 Å². The summed E-state index contributed by atoms with van der Waals surface area (Å²) in [5.74, 6) is 0.214. The summed E-state index contributed by atoms with van der Waals surface area (Å²) in [6.07, 6.45) is 3.44. The molecule has 4 heteroatoms. The molecule has 0 aliphatic carbocycles. The molecule has 1 heterocycles. The van der Waals surface area contributed by atoms with Gasteiger partial charge in [-0.1, -0.05) is 49.4 Å². The number of carbonyl (C=O) groups excluding carboxylic acids is 1. The molecule has 1 fully saturated rings. The number of anilines is 1. The summed E-state index contributed by atoms with van der Waals surface area (Å²) >= 11 is 0. The van der Waals surface area contributed by atoms with E-state index in [1.54, 1.807) is 0 Å². The fourth-order valence-electron chi connectivity index (χ4n) is 4.86. The van der Waals surface area contributed by atoms with E-state index >= 15 is 0 Å². The van der Waals surface area contributed by atoms with E-state index in [2.05, 4.69) is 73.3 Å². The molecule has 0 radical (unpaired) electrons. The summed E-state index contributed by atoms with van der Waals surface area (Å²) in [6.45, 7) is 8.50. The van der Waals surface area contributed by atoms with Crippen molar-refractivity contribution < 1.29 is 9.53 Å². The summed E-state index contributed by atoms with van der Waals surface area (Å²) in [7, 11) is 4.08. The van der Waals surface area contributed by atoms with E-state index in [9.17, 15) is 4.79 Å². The van der Waals surface area contributed by atoms with E-state index < -0.39 is 0 Å². The fraction of sp³-hybridized carbons (Fsp3) is 0.519. The van der Waals surface area contributed by atoms with Crippen LogP contribution in [0.25, 0.3) is 0 Å². The highest BCUT2D eigenvalue weighted by Crippen LogP contribution is 2.44. The molecule has 0 N–H and O–H groups in total. The van der Waals surface area contributed by atoms with Crippen molar-refractivity contribution in [3.63, 3.8) is 0 Å². The normalized spacial score (nSPS) is 20.3. The fourth-order valence-corrected chi connectivity index (χ4v) is 4.86. The van der Waals surface area contributed by atoms with Crippen molar-refractivity contribution in [1.82, 2.24) is 4.90 Å². The zero-order chi connectivity index (χ0) is 22.5. The molecule has 0 spiro atoms. The lowest BCUT2D eigenvalue weighted by Crippen LogP contribution is -2.46. The van der Waals surface area contributed by atoms with E-state index in [1.165, 1.54) is 16.8 Å². The van der Waals surface area contributed by atoms with Gasteiger partial charge in [0.2, 0.25) is 5.91 Å². The standard InChI is InChI=1S/C27H38N2O2/c1-6-25(30)29(20-22-12-14-24(15-13-22)28(4)5)18-16-27(23-10-8-7-9-11-23)17-19-31-26(2,3)21-27/h7-15H,6,16-21H2,1-5H3. The topological polar surface area (TPSA) is 32.8 Å². The Hall–Kier alpha value is -2.33. The van der Waals surface area contributed by atoms with Crippen LogP contribution in [-0.4, -0.2) is 43.7 Å². The number of amides is 1. The molecule has 4 nitrogen and oxygen atoms in total. The zero-order valence-electron chi connectivity index (χ0n) is 19.9. The third kappa shape index (κ3) is 5.88. The quantitative estimate of drug-likeness (QED) is 0.570. The molecule has 1 aliphatic rings. The van der Waals surface area contributed by atoms with Crippen LogP contribution in [-0.2, 0) is 21.5 Å². The van der Waals surface area contributed by atoms with E-state index in [4.69, 9.17) is 4.74 Å². The Bertz CT molecular complexity index is 845. The largest absolute Gasteiger partial charge is 0.378 e. The van der Waals surface area contributed by atoms with Crippen LogP contribution in [0.1, 0.15) is 57.6 Å². The summed E-state index contributed by atoms with van der Waals surface area (Å²) in [6, 6.07) is 19.3. The van der Waals surface area contributed by atoms with Gasteiger partial charge >= 0.3 is 0 Å². The van der Waals surface area contributed by atoms with Crippen LogP contribution in [0.4, 0.5) is 5.69 Å². The summed E-state index contributed by atoms with van der Waals surface area (Å²) in [5.41, 5.74) is 3.59. The third-order valence-electron chi connectivity index (χ3n) is 6.57. The molecule has 31 heavy (non-hydrogen) atoms. The molecule has 1 saturated heterocycles. The highest BCUT2D eigenvalue weighted by atomic mass is 16.5. The van der Waals surface area contributed by atoms with Crippen LogP contribution in [0.15, 0.2) is 54.6 Å². The van der Waals surface area contributed by atoms with Gasteiger partial charge in [-0.3, -0.25) is 4.79 Å². The van der Waals surface area contributed by atoms with E-state index in [0.29, 0.717) is 13.0 Å². The molecule has 2 aromatic rings. The second kappa shape index (κ2) is 9.86. The molecule has 1 atom stereocenters. The van der Waals surface area contributed by atoms with Gasteiger partial charge in [0.15, 0.2) is 0 Å². The van der Waals surface area contributed by atoms with Gasteiger partial charge < -0.3 is 14.5 Å². The minimum Gasteiger partial charge on any atom is -0.378 e. The Morgan fingerprint density at radius 2 is 1.71 bits per heavy atom. The van der Waals surface area contributed by atoms with Gasteiger partial charge in [0.1, 0.15) is 0 Å². The first-order chi connectivity index (χ1) is 14.7. The Kier molecular flexibility index (Phi) is 7.42. The second-order valence-corrected chi connectivity index (χ2v) is 9.66. The second-order valence-electron chi connectivity index (χ2n) is 9.66. The summed E-state index contributed by atoms with van der Waals surface area (Å²) in [5, 5.41) is 0. The molecule has 1 unspecified atom stereocenters. The van der Waals surface area contributed by atoms with Crippen molar-refractivity contribution in [3.05, 3.63) is 65.7 Å². The zero-order valence-corrected chi connectivity index (χ0v) is 19.9. The highest BCUT2D eigenvalue weighted by Gasteiger charge is 2.42. The lowest BCUT2D eigenvalue weighted by atomic mass is 9.67. The smallest absolute Gasteiger partial charge is 0.222 e. The summed E-state index contributed by atoms with van der Waals surface area (Å²) in [4.78, 5) is 17.0. The average molecular weight is 423 g/mol. The molecule has 3 rings (SSSR count). The molecule has 0 bridgehead atoms. The maximum absolute atomic E-state index is 12.8. The van der Waals surface area contributed by atoms with Gasteiger partial charge in [-0.2, -0.15) is 0 Å². The molecule has 168 valence electrons. The number of ether oxygens (including phenoxy) is 1. The maximum atomic E-state index is 12.8. The van der Waals surface area contributed by atoms with Crippen LogP contribution >= 0.6 is 0 Å². The van der Waals surface area contributed by atoms with Crippen LogP contribution in [0, 0.1) is 0 Å². The number of carbonyl (C=O) groups is 1. The minimum atomic E-state index is -0.157.